The summed E-state index contributed by atoms with van der Waals surface area (Å²) in [6.07, 6.45) is 7.00. The van der Waals surface area contributed by atoms with Crippen molar-refractivity contribution < 1.29 is 19.7 Å². The highest BCUT2D eigenvalue weighted by Crippen LogP contribution is 2.42. The molecule has 2 fully saturated rings. The summed E-state index contributed by atoms with van der Waals surface area (Å²) in [5, 5.41) is 19.9. The second-order valence-electron chi connectivity index (χ2n) is 6.09. The van der Waals surface area contributed by atoms with Crippen LogP contribution in [0.25, 0.3) is 0 Å². The van der Waals surface area contributed by atoms with Gasteiger partial charge in [-0.05, 0) is 26.7 Å². The Morgan fingerprint density at radius 3 is 2.95 bits per heavy atom. The number of carbonyl (C=O) groups excluding carboxylic acids is 1. The van der Waals surface area contributed by atoms with E-state index in [0.717, 1.165) is 6.42 Å². The fraction of sp³-hybridized carbons (Fsp3) is 0.688. The van der Waals surface area contributed by atoms with E-state index in [4.69, 9.17) is 4.74 Å². The first-order chi connectivity index (χ1) is 9.47. The molecule has 0 aromatic carbocycles. The standard InChI is InChI=1S/C16H24O4/c1-10(2)4-3-5-11(17)6-7-12-13-8-16(19)20-15(13)9-14(12)18/h4,6-7,11-15,17-18H,3,5,8-9H2,1-2H3/t11?,12-,13-,14-,15+/m1/s1. The first-order valence-electron chi connectivity index (χ1n) is 7.34. The number of esters is 1. The predicted octanol–water partition coefficient (Wildman–Crippen LogP) is 1.96. The van der Waals surface area contributed by atoms with Crippen molar-refractivity contribution in [2.24, 2.45) is 11.8 Å². The van der Waals surface area contributed by atoms with Gasteiger partial charge in [0.2, 0.25) is 0 Å². The summed E-state index contributed by atoms with van der Waals surface area (Å²) in [6.45, 7) is 4.07. The number of allylic oxidation sites excluding steroid dienone is 2. The Morgan fingerprint density at radius 2 is 2.25 bits per heavy atom. The summed E-state index contributed by atoms with van der Waals surface area (Å²) in [4.78, 5) is 11.3. The molecule has 0 amide bonds. The molecule has 1 aliphatic heterocycles. The maximum Gasteiger partial charge on any atom is 0.306 e. The van der Waals surface area contributed by atoms with Gasteiger partial charge in [-0.15, -0.1) is 0 Å². The second-order valence-corrected chi connectivity index (χ2v) is 6.09. The number of carbonyl (C=O) groups is 1. The largest absolute Gasteiger partial charge is 0.462 e. The number of ether oxygens (including phenoxy) is 1. The van der Waals surface area contributed by atoms with E-state index < -0.39 is 12.2 Å². The second kappa shape index (κ2) is 6.55. The molecule has 4 nitrogen and oxygen atoms in total. The molecular formula is C16H24O4. The molecule has 0 aromatic rings. The fourth-order valence-electron chi connectivity index (χ4n) is 3.08. The molecule has 4 heteroatoms. The molecule has 1 aliphatic carbocycles. The zero-order chi connectivity index (χ0) is 14.7. The summed E-state index contributed by atoms with van der Waals surface area (Å²) in [7, 11) is 0. The highest BCUT2D eigenvalue weighted by Gasteiger charge is 2.48. The molecular weight excluding hydrogens is 256 g/mol. The molecule has 0 aromatic heterocycles. The first kappa shape index (κ1) is 15.3. The van der Waals surface area contributed by atoms with Crippen LogP contribution in [0.15, 0.2) is 23.8 Å². The number of hydrogen-bond donors (Lipinski definition) is 2. The van der Waals surface area contributed by atoms with Gasteiger partial charge < -0.3 is 14.9 Å². The highest BCUT2D eigenvalue weighted by atomic mass is 16.6. The van der Waals surface area contributed by atoms with Crippen molar-refractivity contribution in [2.45, 2.75) is 57.8 Å². The Kier molecular flexibility index (Phi) is 5.00. The summed E-state index contributed by atoms with van der Waals surface area (Å²) >= 11 is 0. The molecule has 5 atom stereocenters. The number of aliphatic hydroxyl groups excluding tert-OH is 2. The van der Waals surface area contributed by atoms with Crippen molar-refractivity contribution in [1.82, 2.24) is 0 Å². The number of fused-ring (bicyclic) bond motifs is 1. The number of aliphatic hydroxyl groups is 2. The maximum atomic E-state index is 11.3. The summed E-state index contributed by atoms with van der Waals surface area (Å²) < 4.78 is 5.18. The molecule has 1 saturated heterocycles. The fourth-order valence-corrected chi connectivity index (χ4v) is 3.08. The third kappa shape index (κ3) is 3.70. The average Bonchev–Trinajstić information content (AvgIpc) is 2.81. The highest BCUT2D eigenvalue weighted by molar-refractivity contribution is 5.72. The molecule has 112 valence electrons. The number of rotatable bonds is 5. The first-order valence-corrected chi connectivity index (χ1v) is 7.34. The zero-order valence-electron chi connectivity index (χ0n) is 12.2. The van der Waals surface area contributed by atoms with E-state index in [1.54, 1.807) is 6.08 Å². The van der Waals surface area contributed by atoms with Gasteiger partial charge in [0.25, 0.3) is 0 Å². The quantitative estimate of drug-likeness (QED) is 0.597. The minimum atomic E-state index is -0.505. The van der Waals surface area contributed by atoms with Gasteiger partial charge >= 0.3 is 5.97 Å². The molecule has 20 heavy (non-hydrogen) atoms. The average molecular weight is 280 g/mol. The lowest BCUT2D eigenvalue weighted by molar-refractivity contribution is -0.141. The van der Waals surface area contributed by atoms with Gasteiger partial charge in [0, 0.05) is 18.3 Å². The monoisotopic (exact) mass is 280 g/mol. The Labute approximate surface area is 120 Å². The lowest BCUT2D eigenvalue weighted by Gasteiger charge is -2.15. The maximum absolute atomic E-state index is 11.3. The number of hydrogen-bond acceptors (Lipinski definition) is 4. The van der Waals surface area contributed by atoms with Crippen molar-refractivity contribution in [3.8, 4) is 0 Å². The Bertz CT molecular complexity index is 409. The molecule has 1 saturated carbocycles. The van der Waals surface area contributed by atoms with E-state index in [1.165, 1.54) is 5.57 Å². The van der Waals surface area contributed by atoms with Crippen LogP contribution >= 0.6 is 0 Å². The van der Waals surface area contributed by atoms with Crippen LogP contribution in [0.4, 0.5) is 0 Å². The Balaban J connectivity index is 1.86. The zero-order valence-corrected chi connectivity index (χ0v) is 12.2. The molecule has 0 radical (unpaired) electrons. The van der Waals surface area contributed by atoms with Crippen molar-refractivity contribution in [3.63, 3.8) is 0 Å². The van der Waals surface area contributed by atoms with Crippen molar-refractivity contribution in [1.29, 1.82) is 0 Å². The van der Waals surface area contributed by atoms with Gasteiger partial charge in [0.15, 0.2) is 0 Å². The van der Waals surface area contributed by atoms with E-state index in [9.17, 15) is 15.0 Å². The minimum Gasteiger partial charge on any atom is -0.462 e. The Morgan fingerprint density at radius 1 is 1.50 bits per heavy atom. The predicted molar refractivity (Wildman–Crippen MR) is 75.9 cm³/mol. The van der Waals surface area contributed by atoms with Crippen LogP contribution in [-0.2, 0) is 9.53 Å². The van der Waals surface area contributed by atoms with Crippen molar-refractivity contribution >= 4 is 5.97 Å². The van der Waals surface area contributed by atoms with Gasteiger partial charge in [-0.3, -0.25) is 4.79 Å². The van der Waals surface area contributed by atoms with Crippen LogP contribution in [0.5, 0.6) is 0 Å². The van der Waals surface area contributed by atoms with Crippen LogP contribution < -0.4 is 0 Å². The summed E-state index contributed by atoms with van der Waals surface area (Å²) in [6, 6.07) is 0. The molecule has 0 bridgehead atoms. The van der Waals surface area contributed by atoms with E-state index in [2.05, 4.69) is 6.08 Å². The summed E-state index contributed by atoms with van der Waals surface area (Å²) in [5.41, 5.74) is 1.25. The van der Waals surface area contributed by atoms with Crippen LogP contribution in [-0.4, -0.2) is 34.5 Å². The van der Waals surface area contributed by atoms with Gasteiger partial charge in [0.05, 0.1) is 18.6 Å². The SMILES string of the molecule is CC(C)=CCCC(O)C=C[C@@H]1[C@H]2CC(=O)O[C@H]2C[C@H]1O. The molecule has 2 N–H and O–H groups in total. The smallest absolute Gasteiger partial charge is 0.306 e. The summed E-state index contributed by atoms with van der Waals surface area (Å²) in [5.74, 6) is -0.183. The Hall–Kier alpha value is -1.13. The van der Waals surface area contributed by atoms with Crippen molar-refractivity contribution in [2.75, 3.05) is 0 Å². The molecule has 1 heterocycles. The normalized spacial score (nSPS) is 34.1. The lowest BCUT2D eigenvalue weighted by Crippen LogP contribution is -2.18. The molecule has 2 rings (SSSR count). The van der Waals surface area contributed by atoms with E-state index in [-0.39, 0.29) is 23.9 Å². The van der Waals surface area contributed by atoms with E-state index in [0.29, 0.717) is 19.3 Å². The lowest BCUT2D eigenvalue weighted by atomic mass is 9.91. The van der Waals surface area contributed by atoms with Crippen LogP contribution in [0, 0.1) is 11.8 Å². The van der Waals surface area contributed by atoms with Gasteiger partial charge in [-0.25, -0.2) is 0 Å². The van der Waals surface area contributed by atoms with Gasteiger partial charge in [-0.1, -0.05) is 23.8 Å². The molecule has 2 aliphatic rings. The van der Waals surface area contributed by atoms with E-state index in [1.807, 2.05) is 19.9 Å². The van der Waals surface area contributed by atoms with Crippen LogP contribution in [0.2, 0.25) is 0 Å². The van der Waals surface area contributed by atoms with Crippen molar-refractivity contribution in [3.05, 3.63) is 23.8 Å². The third-order valence-electron chi connectivity index (χ3n) is 4.15. The van der Waals surface area contributed by atoms with Crippen LogP contribution in [0.3, 0.4) is 0 Å². The molecule has 0 spiro atoms. The molecule has 1 unspecified atom stereocenters. The minimum absolute atomic E-state index is 0.0683. The van der Waals surface area contributed by atoms with Gasteiger partial charge in [0.1, 0.15) is 6.10 Å². The third-order valence-corrected chi connectivity index (χ3v) is 4.15. The van der Waals surface area contributed by atoms with Crippen LogP contribution in [0.1, 0.15) is 39.5 Å². The van der Waals surface area contributed by atoms with E-state index >= 15 is 0 Å². The topological polar surface area (TPSA) is 66.8 Å². The van der Waals surface area contributed by atoms with Gasteiger partial charge in [-0.2, -0.15) is 0 Å².